The molecule has 0 saturated carbocycles. The molecule has 1 aromatic carbocycles. The summed E-state index contributed by atoms with van der Waals surface area (Å²) in [7, 11) is 1.85. The summed E-state index contributed by atoms with van der Waals surface area (Å²) in [5, 5.41) is 4.54. The third-order valence-corrected chi connectivity index (χ3v) is 5.60. The predicted octanol–water partition coefficient (Wildman–Crippen LogP) is 2.44. The lowest BCUT2D eigenvalue weighted by Gasteiger charge is -2.36. The number of piperazine rings is 1. The number of hydrogen-bond donors (Lipinski definition) is 1. The molecule has 8 heteroatoms. The Balaban J connectivity index is 1.48. The van der Waals surface area contributed by atoms with Crippen LogP contribution in [-0.4, -0.2) is 66.6 Å². The number of aromatic nitrogens is 2. The van der Waals surface area contributed by atoms with Gasteiger partial charge in [-0.1, -0.05) is 25.1 Å². The summed E-state index contributed by atoms with van der Waals surface area (Å²) < 4.78 is 10.1. The van der Waals surface area contributed by atoms with Crippen molar-refractivity contribution < 1.29 is 4.74 Å². The maximum absolute atomic E-state index is 5.72. The molecule has 152 valence electrons. The molecule has 0 radical (unpaired) electrons. The van der Waals surface area contributed by atoms with Gasteiger partial charge in [0.1, 0.15) is 11.6 Å². The number of anilines is 1. The third-order valence-electron chi connectivity index (χ3n) is 4.79. The first kappa shape index (κ1) is 20.4. The van der Waals surface area contributed by atoms with Gasteiger partial charge in [-0.2, -0.15) is 4.37 Å². The molecule has 2 heterocycles. The van der Waals surface area contributed by atoms with Crippen molar-refractivity contribution in [1.82, 2.24) is 19.6 Å². The topological polar surface area (TPSA) is 65.9 Å². The van der Waals surface area contributed by atoms with Crippen LogP contribution in [-0.2, 0) is 12.8 Å². The summed E-state index contributed by atoms with van der Waals surface area (Å²) in [4.78, 5) is 13.7. The number of nitrogens with one attached hydrogen (secondary N) is 1. The standard InChI is InChI=1S/C20H30N6OS/c1-4-18-23-20(28-24-18)26-14-12-25(13-15-26)19(21-3)22-11-10-16-8-6-7-9-17(16)27-5-2/h6-9H,4-5,10-15H2,1-3H3,(H,21,22). The van der Waals surface area contributed by atoms with Crippen molar-refractivity contribution in [3.63, 3.8) is 0 Å². The number of nitrogens with zero attached hydrogens (tertiary/aromatic N) is 5. The van der Waals surface area contributed by atoms with E-state index in [9.17, 15) is 0 Å². The van der Waals surface area contributed by atoms with E-state index in [-0.39, 0.29) is 0 Å². The van der Waals surface area contributed by atoms with Crippen LogP contribution < -0.4 is 15.0 Å². The summed E-state index contributed by atoms with van der Waals surface area (Å²) >= 11 is 1.50. The van der Waals surface area contributed by atoms with Crippen molar-refractivity contribution in [2.45, 2.75) is 26.7 Å². The predicted molar refractivity (Wildman–Crippen MR) is 116 cm³/mol. The average Bonchev–Trinajstić information content (AvgIpc) is 3.22. The third kappa shape index (κ3) is 5.13. The van der Waals surface area contributed by atoms with Crippen molar-refractivity contribution in [3.8, 4) is 5.75 Å². The first-order valence-electron chi connectivity index (χ1n) is 9.99. The Hall–Kier alpha value is -2.35. The minimum absolute atomic E-state index is 0.685. The van der Waals surface area contributed by atoms with Crippen molar-refractivity contribution in [2.75, 3.05) is 51.3 Å². The van der Waals surface area contributed by atoms with E-state index in [1.165, 1.54) is 17.1 Å². The molecule has 0 bridgehead atoms. The van der Waals surface area contributed by atoms with Crippen LogP contribution in [0.1, 0.15) is 25.2 Å². The van der Waals surface area contributed by atoms with E-state index in [1.807, 2.05) is 26.1 Å². The van der Waals surface area contributed by atoms with Gasteiger partial charge in [0.05, 0.1) is 6.61 Å². The lowest BCUT2D eigenvalue weighted by Crippen LogP contribution is -2.52. The number of guanidine groups is 1. The molecule has 0 atom stereocenters. The maximum atomic E-state index is 5.72. The SMILES string of the molecule is CCOc1ccccc1CCNC(=NC)N1CCN(c2nc(CC)ns2)CC1. The van der Waals surface area contributed by atoms with Gasteiger partial charge in [-0.25, -0.2) is 4.98 Å². The Morgan fingerprint density at radius 2 is 2.00 bits per heavy atom. The zero-order valence-corrected chi connectivity index (χ0v) is 17.8. The number of aryl methyl sites for hydroxylation is 1. The van der Waals surface area contributed by atoms with Gasteiger partial charge in [-0.05, 0) is 25.0 Å². The zero-order chi connectivity index (χ0) is 19.8. The largest absolute Gasteiger partial charge is 0.494 e. The molecule has 7 nitrogen and oxygen atoms in total. The highest BCUT2D eigenvalue weighted by Gasteiger charge is 2.22. The lowest BCUT2D eigenvalue weighted by atomic mass is 10.1. The van der Waals surface area contributed by atoms with E-state index in [2.05, 4.69) is 48.5 Å². The second-order valence-electron chi connectivity index (χ2n) is 6.59. The van der Waals surface area contributed by atoms with Crippen molar-refractivity contribution in [3.05, 3.63) is 35.7 Å². The number of rotatable bonds is 7. The molecule has 1 saturated heterocycles. The molecule has 1 N–H and O–H groups in total. The maximum Gasteiger partial charge on any atom is 0.205 e. The summed E-state index contributed by atoms with van der Waals surface area (Å²) in [5.41, 5.74) is 1.22. The molecular formula is C20H30N6OS. The molecule has 0 spiro atoms. The van der Waals surface area contributed by atoms with Crippen LogP contribution in [0, 0.1) is 0 Å². The van der Waals surface area contributed by atoms with Gasteiger partial charge in [-0.15, -0.1) is 0 Å². The first-order chi connectivity index (χ1) is 13.7. The van der Waals surface area contributed by atoms with E-state index < -0.39 is 0 Å². The van der Waals surface area contributed by atoms with Gasteiger partial charge in [0.25, 0.3) is 0 Å². The van der Waals surface area contributed by atoms with Crippen LogP contribution in [0.4, 0.5) is 5.13 Å². The molecule has 1 aromatic heterocycles. The average molecular weight is 403 g/mol. The highest BCUT2D eigenvalue weighted by Crippen LogP contribution is 2.20. The molecule has 0 unspecified atom stereocenters. The monoisotopic (exact) mass is 402 g/mol. The first-order valence-corrected chi connectivity index (χ1v) is 10.8. The molecule has 0 amide bonds. The Labute approximate surface area is 171 Å². The fraction of sp³-hybridized carbons (Fsp3) is 0.550. The number of para-hydroxylation sites is 1. The normalized spacial score (nSPS) is 15.0. The van der Waals surface area contributed by atoms with Gasteiger partial charge in [0.2, 0.25) is 5.13 Å². The van der Waals surface area contributed by atoms with Crippen molar-refractivity contribution in [1.29, 1.82) is 0 Å². The molecule has 2 aromatic rings. The number of hydrogen-bond acceptors (Lipinski definition) is 6. The summed E-state index contributed by atoms with van der Waals surface area (Å²) in [6.07, 6.45) is 1.79. The van der Waals surface area contributed by atoms with Gasteiger partial charge in [0, 0.05) is 57.7 Å². The van der Waals surface area contributed by atoms with E-state index in [0.29, 0.717) is 6.61 Å². The highest BCUT2D eigenvalue weighted by atomic mass is 32.1. The number of ether oxygens (including phenoxy) is 1. The quantitative estimate of drug-likeness (QED) is 0.567. The second-order valence-corrected chi connectivity index (χ2v) is 7.32. The number of benzene rings is 1. The molecule has 1 aliphatic rings. The number of aliphatic imine (C=N–C) groups is 1. The van der Waals surface area contributed by atoms with Gasteiger partial charge < -0.3 is 19.9 Å². The Bertz CT molecular complexity index is 770. The molecular weight excluding hydrogens is 372 g/mol. The fourth-order valence-corrected chi connectivity index (χ4v) is 4.08. The zero-order valence-electron chi connectivity index (χ0n) is 17.0. The fourth-order valence-electron chi connectivity index (χ4n) is 3.27. The van der Waals surface area contributed by atoms with Gasteiger partial charge in [0.15, 0.2) is 5.96 Å². The molecule has 3 rings (SSSR count). The molecule has 0 aliphatic carbocycles. The minimum atomic E-state index is 0.685. The van der Waals surface area contributed by atoms with Gasteiger partial charge >= 0.3 is 0 Å². The van der Waals surface area contributed by atoms with E-state index in [0.717, 1.165) is 68.2 Å². The van der Waals surface area contributed by atoms with Crippen LogP contribution in [0.25, 0.3) is 0 Å². The van der Waals surface area contributed by atoms with Gasteiger partial charge in [-0.3, -0.25) is 4.99 Å². The lowest BCUT2D eigenvalue weighted by molar-refractivity contribution is 0.336. The van der Waals surface area contributed by atoms with E-state index >= 15 is 0 Å². The minimum Gasteiger partial charge on any atom is -0.494 e. The second kappa shape index (κ2) is 10.3. The summed E-state index contributed by atoms with van der Waals surface area (Å²) in [6.45, 7) is 9.34. The smallest absolute Gasteiger partial charge is 0.205 e. The highest BCUT2D eigenvalue weighted by molar-refractivity contribution is 7.09. The van der Waals surface area contributed by atoms with Crippen molar-refractivity contribution in [2.24, 2.45) is 4.99 Å². The molecule has 28 heavy (non-hydrogen) atoms. The molecule has 1 aliphatic heterocycles. The summed E-state index contributed by atoms with van der Waals surface area (Å²) in [6, 6.07) is 8.23. The Kier molecular flexibility index (Phi) is 7.47. The Morgan fingerprint density at radius 3 is 2.68 bits per heavy atom. The van der Waals surface area contributed by atoms with E-state index in [4.69, 9.17) is 4.74 Å². The molecule has 1 fully saturated rings. The van der Waals surface area contributed by atoms with Crippen LogP contribution in [0.3, 0.4) is 0 Å². The van der Waals surface area contributed by atoms with Crippen LogP contribution in [0.15, 0.2) is 29.3 Å². The van der Waals surface area contributed by atoms with Crippen LogP contribution in [0.2, 0.25) is 0 Å². The van der Waals surface area contributed by atoms with Crippen LogP contribution >= 0.6 is 11.5 Å². The Morgan fingerprint density at radius 1 is 1.21 bits per heavy atom. The summed E-state index contributed by atoms with van der Waals surface area (Å²) in [5.74, 6) is 2.87. The van der Waals surface area contributed by atoms with Crippen molar-refractivity contribution >= 4 is 22.6 Å². The van der Waals surface area contributed by atoms with Crippen LogP contribution in [0.5, 0.6) is 5.75 Å². The van der Waals surface area contributed by atoms with E-state index in [1.54, 1.807) is 0 Å².